The zero-order chi connectivity index (χ0) is 15.9. The largest absolute Gasteiger partial charge is 0.465 e. The first-order chi connectivity index (χ1) is 10.6. The van der Waals surface area contributed by atoms with Crippen LogP contribution in [-0.4, -0.2) is 19.0 Å². The van der Waals surface area contributed by atoms with Crippen LogP contribution < -0.4 is 5.32 Å². The molecule has 2 rings (SSSR count). The summed E-state index contributed by atoms with van der Waals surface area (Å²) in [6.45, 7) is 1.82. The monoisotopic (exact) mass is 303 g/mol. The van der Waals surface area contributed by atoms with Gasteiger partial charge >= 0.3 is 5.97 Å². The Bertz CT molecular complexity index is 533. The SMILES string of the molecule is COC(=O)c1cccc(NC(=O)CCC2CCCCC2)c1C. The summed E-state index contributed by atoms with van der Waals surface area (Å²) in [6, 6.07) is 5.29. The van der Waals surface area contributed by atoms with Crippen molar-refractivity contribution in [3.8, 4) is 0 Å². The summed E-state index contributed by atoms with van der Waals surface area (Å²) >= 11 is 0. The Labute approximate surface area is 132 Å². The highest BCUT2D eigenvalue weighted by atomic mass is 16.5. The van der Waals surface area contributed by atoms with Gasteiger partial charge in [-0.3, -0.25) is 4.79 Å². The first-order valence-electron chi connectivity index (χ1n) is 8.09. The van der Waals surface area contributed by atoms with E-state index in [4.69, 9.17) is 4.74 Å². The van der Waals surface area contributed by atoms with Crippen molar-refractivity contribution in [2.75, 3.05) is 12.4 Å². The van der Waals surface area contributed by atoms with Crippen LogP contribution in [0.15, 0.2) is 18.2 Å². The van der Waals surface area contributed by atoms with Gasteiger partial charge in [0.15, 0.2) is 0 Å². The van der Waals surface area contributed by atoms with Gasteiger partial charge in [-0.25, -0.2) is 4.79 Å². The maximum Gasteiger partial charge on any atom is 0.338 e. The molecule has 4 heteroatoms. The minimum Gasteiger partial charge on any atom is -0.465 e. The number of hydrogen-bond acceptors (Lipinski definition) is 3. The number of hydrogen-bond donors (Lipinski definition) is 1. The average Bonchev–Trinajstić information content (AvgIpc) is 2.55. The van der Waals surface area contributed by atoms with Crippen LogP contribution in [0.5, 0.6) is 0 Å². The molecule has 0 bridgehead atoms. The predicted octanol–water partition coefficient (Wildman–Crippen LogP) is 4.08. The maximum absolute atomic E-state index is 12.1. The summed E-state index contributed by atoms with van der Waals surface area (Å²) in [6.07, 6.45) is 7.95. The molecule has 1 N–H and O–H groups in total. The number of amides is 1. The highest BCUT2D eigenvalue weighted by molar-refractivity contribution is 5.96. The zero-order valence-electron chi connectivity index (χ0n) is 13.5. The highest BCUT2D eigenvalue weighted by Crippen LogP contribution is 2.27. The molecule has 120 valence electrons. The van der Waals surface area contributed by atoms with Crippen molar-refractivity contribution in [2.45, 2.75) is 51.9 Å². The van der Waals surface area contributed by atoms with Crippen molar-refractivity contribution in [2.24, 2.45) is 5.92 Å². The Balaban J connectivity index is 1.92. The van der Waals surface area contributed by atoms with Crippen molar-refractivity contribution in [3.05, 3.63) is 29.3 Å². The second kappa shape index (κ2) is 7.97. The minimum absolute atomic E-state index is 0.0238. The van der Waals surface area contributed by atoms with Gasteiger partial charge in [-0.2, -0.15) is 0 Å². The van der Waals surface area contributed by atoms with E-state index in [1.807, 2.05) is 13.0 Å². The standard InChI is InChI=1S/C18H25NO3/c1-13-15(18(21)22-2)9-6-10-16(13)19-17(20)12-11-14-7-4-3-5-8-14/h6,9-10,14H,3-5,7-8,11-12H2,1-2H3,(H,19,20). The Morgan fingerprint density at radius 1 is 1.23 bits per heavy atom. The molecule has 0 saturated heterocycles. The van der Waals surface area contributed by atoms with E-state index >= 15 is 0 Å². The average molecular weight is 303 g/mol. The van der Waals surface area contributed by atoms with Crippen LogP contribution in [0.25, 0.3) is 0 Å². The first-order valence-corrected chi connectivity index (χ1v) is 8.09. The lowest BCUT2D eigenvalue weighted by Crippen LogP contribution is -2.16. The molecule has 1 aliphatic carbocycles. The highest BCUT2D eigenvalue weighted by Gasteiger charge is 2.16. The van der Waals surface area contributed by atoms with E-state index < -0.39 is 0 Å². The summed E-state index contributed by atoms with van der Waals surface area (Å²) < 4.78 is 4.75. The lowest BCUT2D eigenvalue weighted by Gasteiger charge is -2.21. The van der Waals surface area contributed by atoms with Gasteiger partial charge in [0.1, 0.15) is 0 Å². The number of carbonyl (C=O) groups excluding carboxylic acids is 2. The van der Waals surface area contributed by atoms with Gasteiger partial charge in [-0.05, 0) is 37.0 Å². The van der Waals surface area contributed by atoms with Crippen LogP contribution in [0.2, 0.25) is 0 Å². The van der Waals surface area contributed by atoms with Crippen molar-refractivity contribution in [3.63, 3.8) is 0 Å². The summed E-state index contributed by atoms with van der Waals surface area (Å²) in [5.74, 6) is 0.341. The van der Waals surface area contributed by atoms with Gasteiger partial charge in [0.05, 0.1) is 12.7 Å². The summed E-state index contributed by atoms with van der Waals surface area (Å²) in [7, 11) is 1.36. The molecule has 4 nitrogen and oxygen atoms in total. The molecule has 22 heavy (non-hydrogen) atoms. The second-order valence-electron chi connectivity index (χ2n) is 6.06. The second-order valence-corrected chi connectivity index (χ2v) is 6.06. The molecular formula is C18H25NO3. The summed E-state index contributed by atoms with van der Waals surface area (Å²) in [5.41, 5.74) is 1.93. The Hall–Kier alpha value is -1.84. The van der Waals surface area contributed by atoms with Crippen LogP contribution >= 0.6 is 0 Å². The smallest absolute Gasteiger partial charge is 0.338 e. The van der Waals surface area contributed by atoms with Crippen molar-refractivity contribution >= 4 is 17.6 Å². The third-order valence-corrected chi connectivity index (χ3v) is 4.52. The van der Waals surface area contributed by atoms with Crippen LogP contribution in [0, 0.1) is 12.8 Å². The Morgan fingerprint density at radius 3 is 2.64 bits per heavy atom. The number of nitrogens with one attached hydrogen (secondary N) is 1. The van der Waals surface area contributed by atoms with Crippen molar-refractivity contribution in [1.82, 2.24) is 0 Å². The van der Waals surface area contributed by atoms with E-state index in [0.29, 0.717) is 23.6 Å². The zero-order valence-corrected chi connectivity index (χ0v) is 13.5. The molecule has 1 aromatic carbocycles. The normalized spacial score (nSPS) is 15.4. The number of benzene rings is 1. The molecule has 0 spiro atoms. The van der Waals surface area contributed by atoms with Crippen molar-refractivity contribution < 1.29 is 14.3 Å². The summed E-state index contributed by atoms with van der Waals surface area (Å²) in [5, 5.41) is 2.92. The van der Waals surface area contributed by atoms with Gasteiger partial charge < -0.3 is 10.1 Å². The minimum atomic E-state index is -0.379. The number of carbonyl (C=O) groups is 2. The van der Waals surface area contributed by atoms with Gasteiger partial charge in [-0.1, -0.05) is 38.2 Å². The third-order valence-electron chi connectivity index (χ3n) is 4.52. The number of esters is 1. The number of ether oxygens (including phenoxy) is 1. The molecule has 0 aromatic heterocycles. The number of anilines is 1. The van der Waals surface area contributed by atoms with Gasteiger partial charge in [-0.15, -0.1) is 0 Å². The van der Waals surface area contributed by atoms with E-state index in [1.54, 1.807) is 12.1 Å². The third kappa shape index (κ3) is 4.33. The molecular weight excluding hydrogens is 278 g/mol. The fraction of sp³-hybridized carbons (Fsp3) is 0.556. The molecule has 0 aliphatic heterocycles. The first kappa shape index (κ1) is 16.5. The van der Waals surface area contributed by atoms with E-state index in [1.165, 1.54) is 39.2 Å². The van der Waals surface area contributed by atoms with Gasteiger partial charge in [0.2, 0.25) is 5.91 Å². The van der Waals surface area contributed by atoms with Crippen molar-refractivity contribution in [1.29, 1.82) is 0 Å². The lowest BCUT2D eigenvalue weighted by atomic mass is 9.86. The molecule has 0 radical (unpaired) electrons. The topological polar surface area (TPSA) is 55.4 Å². The molecule has 0 atom stereocenters. The van der Waals surface area contributed by atoms with Gasteiger partial charge in [0.25, 0.3) is 0 Å². The van der Waals surface area contributed by atoms with E-state index in [0.717, 1.165) is 12.0 Å². The maximum atomic E-state index is 12.1. The van der Waals surface area contributed by atoms with E-state index in [-0.39, 0.29) is 11.9 Å². The van der Waals surface area contributed by atoms with Crippen LogP contribution in [0.4, 0.5) is 5.69 Å². The van der Waals surface area contributed by atoms with Crippen LogP contribution in [0.1, 0.15) is 60.9 Å². The fourth-order valence-corrected chi connectivity index (χ4v) is 3.13. The van der Waals surface area contributed by atoms with Gasteiger partial charge in [0, 0.05) is 12.1 Å². The Kier molecular flexibility index (Phi) is 5.99. The molecule has 1 aromatic rings. The Morgan fingerprint density at radius 2 is 1.95 bits per heavy atom. The summed E-state index contributed by atoms with van der Waals surface area (Å²) in [4.78, 5) is 23.8. The molecule has 1 amide bonds. The molecule has 0 heterocycles. The van der Waals surface area contributed by atoms with Crippen LogP contribution in [-0.2, 0) is 9.53 Å². The molecule has 1 saturated carbocycles. The molecule has 1 aliphatic rings. The quantitative estimate of drug-likeness (QED) is 0.834. The van der Waals surface area contributed by atoms with E-state index in [2.05, 4.69) is 5.32 Å². The van der Waals surface area contributed by atoms with Crippen LogP contribution in [0.3, 0.4) is 0 Å². The number of methoxy groups -OCH3 is 1. The van der Waals surface area contributed by atoms with E-state index in [9.17, 15) is 9.59 Å². The lowest BCUT2D eigenvalue weighted by molar-refractivity contribution is -0.116. The fourth-order valence-electron chi connectivity index (χ4n) is 3.13. The molecule has 0 unspecified atom stereocenters. The number of rotatable bonds is 5. The molecule has 1 fully saturated rings. The predicted molar refractivity (Wildman–Crippen MR) is 87.0 cm³/mol.